The molecule has 1 fully saturated rings. The van der Waals surface area contributed by atoms with Crippen LogP contribution in [0.2, 0.25) is 0 Å². The van der Waals surface area contributed by atoms with E-state index in [1.54, 1.807) is 18.3 Å². The van der Waals surface area contributed by atoms with Crippen molar-refractivity contribution in [3.8, 4) is 0 Å². The van der Waals surface area contributed by atoms with E-state index in [4.69, 9.17) is 9.88 Å². The summed E-state index contributed by atoms with van der Waals surface area (Å²) >= 11 is 0. The van der Waals surface area contributed by atoms with Gasteiger partial charge < -0.3 is 15.4 Å². The Hall–Kier alpha value is -3.05. The molecule has 1 aromatic heterocycles. The predicted octanol–water partition coefficient (Wildman–Crippen LogP) is 2.75. The average molecular weight is 455 g/mol. The van der Waals surface area contributed by atoms with E-state index in [-0.39, 0.29) is 4.90 Å². The summed E-state index contributed by atoms with van der Waals surface area (Å²) in [5, 5.41) is 11.6. The molecule has 0 aliphatic carbocycles. The minimum absolute atomic E-state index is 0.0321. The molecule has 3 aromatic rings. The molecule has 0 bridgehead atoms. The summed E-state index contributed by atoms with van der Waals surface area (Å²) in [6.45, 7) is 6.14. The molecule has 0 radical (unpaired) electrons. The van der Waals surface area contributed by atoms with Gasteiger partial charge in [0.05, 0.1) is 18.1 Å². The number of primary sulfonamides is 1. The summed E-state index contributed by atoms with van der Waals surface area (Å²) < 4.78 is 28.7. The second-order valence-corrected chi connectivity index (χ2v) is 9.20. The number of nitrogens with one attached hydrogen (secondary N) is 2. The summed E-state index contributed by atoms with van der Waals surface area (Å²) in [6.07, 6.45) is 1.71. The highest BCUT2D eigenvalue weighted by atomic mass is 32.2. The maximum Gasteiger partial charge on any atom is 0.238 e. The van der Waals surface area contributed by atoms with Gasteiger partial charge in [0.15, 0.2) is 0 Å². The third kappa shape index (κ3) is 5.80. The zero-order valence-electron chi connectivity index (χ0n) is 17.8. The molecule has 2 aromatic carbocycles. The normalized spacial score (nSPS) is 14.8. The van der Waals surface area contributed by atoms with Gasteiger partial charge in [-0.2, -0.15) is 4.98 Å². The Bertz CT molecular complexity index is 1200. The van der Waals surface area contributed by atoms with E-state index in [2.05, 4.69) is 37.6 Å². The number of nitrogens with zero attached hydrogens (tertiary/aromatic N) is 3. The number of ether oxygens (including phenoxy) is 1. The quantitative estimate of drug-likeness (QED) is 0.498. The number of sulfonamides is 1. The number of aromatic nitrogens is 2. The number of benzene rings is 2. The van der Waals surface area contributed by atoms with Crippen LogP contribution in [0.25, 0.3) is 0 Å². The Morgan fingerprint density at radius 3 is 2.53 bits per heavy atom. The van der Waals surface area contributed by atoms with Crippen LogP contribution >= 0.6 is 0 Å². The van der Waals surface area contributed by atoms with Crippen LogP contribution < -0.4 is 15.8 Å². The van der Waals surface area contributed by atoms with E-state index in [1.807, 2.05) is 19.1 Å². The zero-order chi connectivity index (χ0) is 22.6. The molecule has 9 nitrogen and oxygen atoms in total. The van der Waals surface area contributed by atoms with Crippen LogP contribution in [0, 0.1) is 6.92 Å². The van der Waals surface area contributed by atoms with Crippen LogP contribution in [0.3, 0.4) is 0 Å². The molecule has 0 amide bonds. The Kier molecular flexibility index (Phi) is 6.66. The van der Waals surface area contributed by atoms with E-state index < -0.39 is 10.0 Å². The minimum Gasteiger partial charge on any atom is -0.379 e. The van der Waals surface area contributed by atoms with E-state index in [1.165, 1.54) is 17.7 Å². The standard InChI is InChI=1S/C22H26N6O3S/c1-16-14-24-22(27-21(16)25-19-6-3-7-20(13-19)32(23,29)30)26-18-5-2-4-17(12-18)15-28-8-10-31-11-9-28/h2-7,12-14H,8-11,15H2,1H3,(H2,23,29,30)(H2,24,25,26,27). The monoisotopic (exact) mass is 454 g/mol. The van der Waals surface area contributed by atoms with Crippen LogP contribution in [-0.2, 0) is 21.3 Å². The van der Waals surface area contributed by atoms with Gasteiger partial charge in [-0.15, -0.1) is 0 Å². The Balaban J connectivity index is 1.49. The van der Waals surface area contributed by atoms with Gasteiger partial charge in [0.25, 0.3) is 0 Å². The molecule has 4 rings (SSSR count). The fourth-order valence-electron chi connectivity index (χ4n) is 3.41. The van der Waals surface area contributed by atoms with E-state index >= 15 is 0 Å². The first-order chi connectivity index (χ1) is 15.4. The molecule has 4 N–H and O–H groups in total. The molecule has 0 atom stereocenters. The molecule has 1 saturated heterocycles. The molecule has 168 valence electrons. The lowest BCUT2D eigenvalue weighted by atomic mass is 10.2. The van der Waals surface area contributed by atoms with E-state index in [0.29, 0.717) is 17.5 Å². The van der Waals surface area contributed by atoms with E-state index in [9.17, 15) is 8.42 Å². The second-order valence-electron chi connectivity index (χ2n) is 7.64. The maximum atomic E-state index is 11.6. The second kappa shape index (κ2) is 9.61. The number of rotatable bonds is 7. The first-order valence-corrected chi connectivity index (χ1v) is 11.8. The molecule has 2 heterocycles. The van der Waals surface area contributed by atoms with Crippen molar-refractivity contribution in [3.05, 3.63) is 65.9 Å². The first-order valence-electron chi connectivity index (χ1n) is 10.3. The number of morpholine rings is 1. The van der Waals surface area contributed by atoms with Crippen molar-refractivity contribution in [2.75, 3.05) is 36.9 Å². The highest BCUT2D eigenvalue weighted by molar-refractivity contribution is 7.89. The van der Waals surface area contributed by atoms with Gasteiger partial charge in [-0.3, -0.25) is 4.90 Å². The third-order valence-electron chi connectivity index (χ3n) is 5.09. The summed E-state index contributed by atoms with van der Waals surface area (Å²) in [4.78, 5) is 11.3. The Morgan fingerprint density at radius 2 is 1.78 bits per heavy atom. The van der Waals surface area contributed by atoms with Gasteiger partial charge in [0, 0.05) is 42.8 Å². The highest BCUT2D eigenvalue weighted by Gasteiger charge is 2.12. The van der Waals surface area contributed by atoms with Crippen molar-refractivity contribution in [1.82, 2.24) is 14.9 Å². The predicted molar refractivity (Wildman–Crippen MR) is 124 cm³/mol. The lowest BCUT2D eigenvalue weighted by molar-refractivity contribution is 0.0342. The van der Waals surface area contributed by atoms with Crippen LogP contribution in [0.15, 0.2) is 59.6 Å². The highest BCUT2D eigenvalue weighted by Crippen LogP contribution is 2.23. The van der Waals surface area contributed by atoms with Gasteiger partial charge in [0.1, 0.15) is 5.82 Å². The van der Waals surface area contributed by atoms with Gasteiger partial charge in [-0.25, -0.2) is 18.5 Å². The number of nitrogens with two attached hydrogens (primary N) is 1. The fraction of sp³-hybridized carbons (Fsp3) is 0.273. The zero-order valence-corrected chi connectivity index (χ0v) is 18.6. The maximum absolute atomic E-state index is 11.6. The van der Waals surface area contributed by atoms with Crippen LogP contribution in [0.4, 0.5) is 23.1 Å². The molecule has 32 heavy (non-hydrogen) atoms. The number of hydrogen-bond acceptors (Lipinski definition) is 8. The topological polar surface area (TPSA) is 122 Å². The molecule has 0 unspecified atom stereocenters. The van der Waals surface area contributed by atoms with Crippen molar-refractivity contribution < 1.29 is 13.2 Å². The van der Waals surface area contributed by atoms with Gasteiger partial charge >= 0.3 is 0 Å². The third-order valence-corrected chi connectivity index (χ3v) is 6.00. The average Bonchev–Trinajstić information content (AvgIpc) is 2.77. The minimum atomic E-state index is -3.79. The molecule has 0 spiro atoms. The van der Waals surface area contributed by atoms with Gasteiger partial charge in [-0.1, -0.05) is 18.2 Å². The lowest BCUT2D eigenvalue weighted by Gasteiger charge is -2.26. The van der Waals surface area contributed by atoms with Crippen molar-refractivity contribution in [1.29, 1.82) is 0 Å². The molecular formula is C22H26N6O3S. The van der Waals surface area contributed by atoms with E-state index in [0.717, 1.165) is 44.1 Å². The largest absolute Gasteiger partial charge is 0.379 e. The van der Waals surface area contributed by atoms with Crippen LogP contribution in [0.1, 0.15) is 11.1 Å². The molecule has 10 heteroatoms. The molecule has 1 aliphatic rings. The van der Waals surface area contributed by atoms with Crippen molar-refractivity contribution in [2.24, 2.45) is 5.14 Å². The lowest BCUT2D eigenvalue weighted by Crippen LogP contribution is -2.35. The number of hydrogen-bond donors (Lipinski definition) is 3. The SMILES string of the molecule is Cc1cnc(Nc2cccc(CN3CCOCC3)c2)nc1Nc1cccc(S(N)(=O)=O)c1. The van der Waals surface area contributed by atoms with Gasteiger partial charge in [-0.05, 0) is 42.8 Å². The fourth-order valence-corrected chi connectivity index (χ4v) is 3.97. The summed E-state index contributed by atoms with van der Waals surface area (Å²) in [5.41, 5.74) is 3.47. The van der Waals surface area contributed by atoms with Crippen LogP contribution in [-0.4, -0.2) is 49.6 Å². The summed E-state index contributed by atoms with van der Waals surface area (Å²) in [5.74, 6) is 1.00. The number of anilines is 4. The molecule has 0 saturated carbocycles. The van der Waals surface area contributed by atoms with Crippen molar-refractivity contribution in [3.63, 3.8) is 0 Å². The van der Waals surface area contributed by atoms with Crippen LogP contribution in [0.5, 0.6) is 0 Å². The first kappa shape index (κ1) is 22.2. The van der Waals surface area contributed by atoms with Crippen molar-refractivity contribution in [2.45, 2.75) is 18.4 Å². The molecule has 1 aliphatic heterocycles. The Labute approximate surface area is 187 Å². The van der Waals surface area contributed by atoms with Gasteiger partial charge in [0.2, 0.25) is 16.0 Å². The summed E-state index contributed by atoms with van der Waals surface area (Å²) in [7, 11) is -3.79. The van der Waals surface area contributed by atoms with Crippen molar-refractivity contribution >= 4 is 33.2 Å². The Morgan fingerprint density at radius 1 is 1.06 bits per heavy atom. The summed E-state index contributed by atoms with van der Waals surface area (Å²) in [6, 6.07) is 14.4. The smallest absolute Gasteiger partial charge is 0.238 e. The number of aryl methyl sites for hydroxylation is 1. The molecular weight excluding hydrogens is 428 g/mol.